The molecule has 36 heavy (non-hydrogen) atoms. The van der Waals surface area contributed by atoms with Gasteiger partial charge >= 0.3 is 0 Å². The van der Waals surface area contributed by atoms with Crippen LogP contribution in [-0.4, -0.2) is 30.9 Å². The number of hydrogen-bond donors (Lipinski definition) is 2. The minimum absolute atomic E-state index is 0.109. The van der Waals surface area contributed by atoms with E-state index in [0.717, 1.165) is 11.1 Å². The standard InChI is InChI=1S/C26H28FN3O5S/c1-16-8-9-22(21(27)12-16)28-23-17(2)25(31)30-10-11-34-26(30)24(23)29-36(32,33)20-13-19(14-20)35-15-18-6-4-3-5-7-18/h3-9,12,19-20,28-29H,10-11,13-15H2,1-2H3. The molecule has 3 aromatic rings. The van der Waals surface area contributed by atoms with Gasteiger partial charge in [0.25, 0.3) is 5.56 Å². The van der Waals surface area contributed by atoms with Gasteiger partial charge in [-0.25, -0.2) is 12.8 Å². The fraction of sp³-hybridized carbons (Fsp3) is 0.346. The van der Waals surface area contributed by atoms with Crippen molar-refractivity contribution in [2.75, 3.05) is 16.6 Å². The molecule has 190 valence electrons. The van der Waals surface area contributed by atoms with Crippen LogP contribution in [0.2, 0.25) is 0 Å². The maximum absolute atomic E-state index is 14.6. The summed E-state index contributed by atoms with van der Waals surface area (Å²) in [7, 11) is -3.83. The van der Waals surface area contributed by atoms with Crippen LogP contribution in [-0.2, 0) is 27.9 Å². The fourth-order valence-electron chi connectivity index (χ4n) is 4.45. The number of pyridine rings is 1. The molecule has 8 nitrogen and oxygen atoms in total. The normalized spacial score (nSPS) is 18.8. The second-order valence-electron chi connectivity index (χ2n) is 9.25. The number of rotatable bonds is 8. The van der Waals surface area contributed by atoms with Gasteiger partial charge in [-0.3, -0.25) is 14.1 Å². The SMILES string of the molecule is Cc1ccc(Nc2c(NS(=O)(=O)C3CC(OCc4ccccc4)C3)c3n(c(=O)c2C)CCO3)c(F)c1. The van der Waals surface area contributed by atoms with Gasteiger partial charge in [-0.15, -0.1) is 0 Å². The average molecular weight is 514 g/mol. The minimum atomic E-state index is -3.83. The summed E-state index contributed by atoms with van der Waals surface area (Å²) >= 11 is 0. The number of ether oxygens (including phenoxy) is 2. The van der Waals surface area contributed by atoms with Crippen molar-refractivity contribution >= 4 is 27.1 Å². The summed E-state index contributed by atoms with van der Waals surface area (Å²) in [5, 5.41) is 2.28. The second-order valence-corrected chi connectivity index (χ2v) is 11.2. The molecule has 1 saturated carbocycles. The van der Waals surface area contributed by atoms with Gasteiger partial charge in [0.1, 0.15) is 18.1 Å². The molecule has 10 heteroatoms. The zero-order valence-electron chi connectivity index (χ0n) is 20.1. The summed E-state index contributed by atoms with van der Waals surface area (Å²) in [6.07, 6.45) is 0.548. The summed E-state index contributed by atoms with van der Waals surface area (Å²) in [5.41, 5.74) is 2.12. The Bertz CT molecular complexity index is 1450. The molecule has 0 radical (unpaired) electrons. The molecule has 5 rings (SSSR count). The maximum Gasteiger partial charge on any atom is 0.258 e. The summed E-state index contributed by atoms with van der Waals surface area (Å²) in [6, 6.07) is 14.3. The Labute approximate surface area is 209 Å². The van der Waals surface area contributed by atoms with Crippen molar-refractivity contribution in [3.8, 4) is 5.88 Å². The van der Waals surface area contributed by atoms with Crippen LogP contribution in [0.3, 0.4) is 0 Å². The van der Waals surface area contributed by atoms with Gasteiger partial charge in [-0.05, 0) is 49.9 Å². The van der Waals surface area contributed by atoms with Crippen LogP contribution >= 0.6 is 0 Å². The topological polar surface area (TPSA) is 98.7 Å². The predicted octanol–water partition coefficient (Wildman–Crippen LogP) is 4.23. The molecule has 0 bridgehead atoms. The molecule has 1 fully saturated rings. The number of nitrogens with zero attached hydrogens (tertiary/aromatic N) is 1. The van der Waals surface area contributed by atoms with E-state index in [0.29, 0.717) is 26.0 Å². The van der Waals surface area contributed by atoms with Crippen LogP contribution in [0.5, 0.6) is 5.88 Å². The van der Waals surface area contributed by atoms with Crippen LogP contribution in [0.25, 0.3) is 0 Å². The predicted molar refractivity (Wildman–Crippen MR) is 136 cm³/mol. The lowest BCUT2D eigenvalue weighted by Crippen LogP contribution is -2.43. The summed E-state index contributed by atoms with van der Waals surface area (Å²) in [5.74, 6) is -0.387. The molecule has 2 aromatic carbocycles. The van der Waals surface area contributed by atoms with Crippen molar-refractivity contribution in [1.29, 1.82) is 0 Å². The monoisotopic (exact) mass is 513 g/mol. The van der Waals surface area contributed by atoms with Gasteiger partial charge in [0.2, 0.25) is 15.9 Å². The smallest absolute Gasteiger partial charge is 0.258 e. The quantitative estimate of drug-likeness (QED) is 0.468. The number of hydrogen-bond acceptors (Lipinski definition) is 6. The number of nitrogens with one attached hydrogen (secondary N) is 2. The van der Waals surface area contributed by atoms with Gasteiger partial charge in [0.05, 0.1) is 35.9 Å². The average Bonchev–Trinajstić information content (AvgIpc) is 3.31. The number of halogens is 1. The highest BCUT2D eigenvalue weighted by molar-refractivity contribution is 7.93. The summed E-state index contributed by atoms with van der Waals surface area (Å²) < 4.78 is 56.8. The van der Waals surface area contributed by atoms with Crippen LogP contribution in [0.1, 0.15) is 29.5 Å². The lowest BCUT2D eigenvalue weighted by atomic mass is 9.95. The van der Waals surface area contributed by atoms with Crippen molar-refractivity contribution in [3.63, 3.8) is 0 Å². The molecular weight excluding hydrogens is 485 g/mol. The first-order chi connectivity index (χ1) is 17.2. The molecule has 2 heterocycles. The Balaban J connectivity index is 1.38. The third kappa shape index (κ3) is 4.70. The third-order valence-corrected chi connectivity index (χ3v) is 8.40. The second kappa shape index (κ2) is 9.59. The van der Waals surface area contributed by atoms with E-state index < -0.39 is 21.1 Å². The van der Waals surface area contributed by atoms with Crippen molar-refractivity contribution < 1.29 is 22.3 Å². The largest absolute Gasteiger partial charge is 0.475 e. The molecule has 0 spiro atoms. The van der Waals surface area contributed by atoms with Gasteiger partial charge in [0.15, 0.2) is 0 Å². The summed E-state index contributed by atoms with van der Waals surface area (Å²) in [4.78, 5) is 12.9. The first-order valence-corrected chi connectivity index (χ1v) is 13.4. The zero-order chi connectivity index (χ0) is 25.4. The molecular formula is C26H28FN3O5S. The Morgan fingerprint density at radius 3 is 2.58 bits per heavy atom. The summed E-state index contributed by atoms with van der Waals surface area (Å²) in [6.45, 7) is 4.32. The lowest BCUT2D eigenvalue weighted by Gasteiger charge is -2.35. The van der Waals surface area contributed by atoms with Crippen LogP contribution in [0.4, 0.5) is 21.5 Å². The first-order valence-electron chi connectivity index (χ1n) is 11.8. The third-order valence-electron chi connectivity index (χ3n) is 6.65. The Morgan fingerprint density at radius 2 is 1.86 bits per heavy atom. The van der Waals surface area contributed by atoms with E-state index in [4.69, 9.17) is 9.47 Å². The van der Waals surface area contributed by atoms with E-state index >= 15 is 0 Å². The Morgan fingerprint density at radius 1 is 1.11 bits per heavy atom. The van der Waals surface area contributed by atoms with Crippen LogP contribution < -0.4 is 20.3 Å². The Hall–Kier alpha value is -3.37. The molecule has 2 aliphatic rings. The van der Waals surface area contributed by atoms with Crippen LogP contribution in [0, 0.1) is 19.7 Å². The van der Waals surface area contributed by atoms with Crippen molar-refractivity contribution in [3.05, 3.63) is 81.4 Å². The van der Waals surface area contributed by atoms with Gasteiger partial charge in [-0.1, -0.05) is 36.4 Å². The molecule has 1 aliphatic heterocycles. The minimum Gasteiger partial charge on any atom is -0.475 e. The highest BCUT2D eigenvalue weighted by Gasteiger charge is 2.41. The maximum atomic E-state index is 14.6. The molecule has 0 unspecified atom stereocenters. The van der Waals surface area contributed by atoms with Gasteiger partial charge < -0.3 is 14.8 Å². The highest BCUT2D eigenvalue weighted by Crippen LogP contribution is 2.40. The number of benzene rings is 2. The van der Waals surface area contributed by atoms with E-state index in [2.05, 4.69) is 10.0 Å². The lowest BCUT2D eigenvalue weighted by molar-refractivity contribution is -0.00642. The van der Waals surface area contributed by atoms with Crippen molar-refractivity contribution in [2.45, 2.75) is 51.2 Å². The number of aromatic nitrogens is 1. The molecule has 1 aromatic heterocycles. The molecule has 2 N–H and O–H groups in total. The van der Waals surface area contributed by atoms with E-state index in [1.807, 2.05) is 30.3 Å². The van der Waals surface area contributed by atoms with E-state index in [1.165, 1.54) is 10.6 Å². The van der Waals surface area contributed by atoms with Crippen molar-refractivity contribution in [1.82, 2.24) is 4.57 Å². The molecule has 0 amide bonds. The highest BCUT2D eigenvalue weighted by atomic mass is 32.2. The first kappa shape index (κ1) is 24.3. The fourth-order valence-corrected chi connectivity index (χ4v) is 6.02. The number of fused-ring (bicyclic) bond motifs is 1. The molecule has 0 saturated heterocycles. The van der Waals surface area contributed by atoms with Gasteiger partial charge in [0, 0.05) is 5.56 Å². The Kier molecular flexibility index (Phi) is 6.48. The van der Waals surface area contributed by atoms with E-state index in [-0.39, 0.29) is 46.8 Å². The zero-order valence-corrected chi connectivity index (χ0v) is 20.9. The van der Waals surface area contributed by atoms with Gasteiger partial charge in [-0.2, -0.15) is 0 Å². The number of anilines is 3. The van der Waals surface area contributed by atoms with Crippen LogP contribution in [0.15, 0.2) is 53.3 Å². The van der Waals surface area contributed by atoms with E-state index in [1.54, 1.807) is 26.0 Å². The number of sulfonamides is 1. The van der Waals surface area contributed by atoms with Crippen molar-refractivity contribution in [2.24, 2.45) is 0 Å². The molecule has 1 aliphatic carbocycles. The molecule has 0 atom stereocenters. The van der Waals surface area contributed by atoms with E-state index in [9.17, 15) is 17.6 Å². The number of aryl methyl sites for hydroxylation is 1.